The van der Waals surface area contributed by atoms with Crippen LogP contribution in [0.3, 0.4) is 0 Å². The van der Waals surface area contributed by atoms with Crippen LogP contribution >= 0.6 is 11.6 Å². The zero-order chi connectivity index (χ0) is 12.0. The van der Waals surface area contributed by atoms with Crippen molar-refractivity contribution in [3.8, 4) is 0 Å². The van der Waals surface area contributed by atoms with Crippen LogP contribution in [0.15, 0.2) is 18.5 Å². The first-order valence-electron chi connectivity index (χ1n) is 5.39. The topological polar surface area (TPSA) is 42.0 Å². The summed E-state index contributed by atoms with van der Waals surface area (Å²) in [5.74, 6) is 0.958. The number of nitrogens with zero attached hydrogens (tertiary/aromatic N) is 1. The molecule has 0 spiro atoms. The average Bonchev–Trinajstić information content (AvgIpc) is 2.26. The van der Waals surface area contributed by atoms with E-state index in [1.54, 1.807) is 12.4 Å². The number of nitrogens with one attached hydrogen (secondary N) is 1. The maximum atomic E-state index is 11.7. The lowest BCUT2D eigenvalue weighted by molar-refractivity contribution is 0.0947. The van der Waals surface area contributed by atoms with Crippen LogP contribution in [0.5, 0.6) is 0 Å². The lowest BCUT2D eigenvalue weighted by Gasteiger charge is -2.10. The second kappa shape index (κ2) is 6.48. The number of alkyl halides is 1. The maximum absolute atomic E-state index is 11.7. The normalized spacial score (nSPS) is 12.2. The second-order valence-corrected chi connectivity index (χ2v) is 4.42. The van der Waals surface area contributed by atoms with Gasteiger partial charge in [0.05, 0.1) is 5.56 Å². The Kier molecular flexibility index (Phi) is 5.26. The molecule has 1 aromatic heterocycles. The van der Waals surface area contributed by atoms with Gasteiger partial charge in [0.25, 0.3) is 5.91 Å². The molecule has 0 saturated heterocycles. The predicted octanol–water partition coefficient (Wildman–Crippen LogP) is 2.38. The summed E-state index contributed by atoms with van der Waals surface area (Å²) in [6.45, 7) is 4.64. The molecule has 0 aliphatic rings. The van der Waals surface area contributed by atoms with Crippen LogP contribution in [0.2, 0.25) is 0 Å². The van der Waals surface area contributed by atoms with E-state index in [1.165, 1.54) is 0 Å². The lowest BCUT2D eigenvalue weighted by Crippen LogP contribution is -2.28. The molecule has 1 amide bonds. The molecular weight excluding hydrogens is 224 g/mol. The molecular formula is C12H17ClN2O. The van der Waals surface area contributed by atoms with Crippen molar-refractivity contribution in [1.29, 1.82) is 0 Å². The largest absolute Gasteiger partial charge is 0.352 e. The van der Waals surface area contributed by atoms with E-state index in [1.807, 2.05) is 13.0 Å². The molecule has 3 nitrogen and oxygen atoms in total. The summed E-state index contributed by atoms with van der Waals surface area (Å²) < 4.78 is 0. The van der Waals surface area contributed by atoms with Crippen LogP contribution in [-0.2, 0) is 0 Å². The van der Waals surface area contributed by atoms with Crippen LogP contribution in [0.25, 0.3) is 0 Å². The number of carbonyl (C=O) groups excluding carboxylic acids is 1. The quantitative estimate of drug-likeness (QED) is 0.803. The highest BCUT2D eigenvalue weighted by molar-refractivity contribution is 6.17. The Morgan fingerprint density at radius 1 is 1.56 bits per heavy atom. The maximum Gasteiger partial charge on any atom is 0.252 e. The van der Waals surface area contributed by atoms with Gasteiger partial charge in [-0.15, -0.1) is 11.6 Å². The minimum absolute atomic E-state index is 0.0716. The molecule has 0 aliphatic heterocycles. The van der Waals surface area contributed by atoms with Crippen LogP contribution < -0.4 is 5.32 Å². The van der Waals surface area contributed by atoms with E-state index in [0.29, 0.717) is 23.9 Å². The Morgan fingerprint density at radius 3 is 2.94 bits per heavy atom. The van der Waals surface area contributed by atoms with Gasteiger partial charge in [0, 0.05) is 24.8 Å². The molecule has 1 aromatic rings. The fraction of sp³-hybridized carbons (Fsp3) is 0.500. The standard InChI is InChI=1S/C12H17ClN2O/c1-9(3-4-13)7-15-12(16)11-5-10(2)6-14-8-11/h5-6,8-9H,3-4,7H2,1-2H3,(H,15,16). The van der Waals surface area contributed by atoms with E-state index in [-0.39, 0.29) is 5.91 Å². The summed E-state index contributed by atoms with van der Waals surface area (Å²) in [5.41, 5.74) is 1.60. The number of pyridine rings is 1. The number of hydrogen-bond acceptors (Lipinski definition) is 2. The molecule has 4 heteroatoms. The summed E-state index contributed by atoms with van der Waals surface area (Å²) in [4.78, 5) is 15.7. The van der Waals surface area contributed by atoms with Gasteiger partial charge in [-0.05, 0) is 30.9 Å². The van der Waals surface area contributed by atoms with E-state index >= 15 is 0 Å². The summed E-state index contributed by atoms with van der Waals surface area (Å²) in [6, 6.07) is 1.83. The Hall–Kier alpha value is -1.09. The van der Waals surface area contributed by atoms with Crippen molar-refractivity contribution in [3.05, 3.63) is 29.6 Å². The number of rotatable bonds is 5. The monoisotopic (exact) mass is 240 g/mol. The fourth-order valence-electron chi connectivity index (χ4n) is 1.34. The second-order valence-electron chi connectivity index (χ2n) is 4.04. The molecule has 0 bridgehead atoms. The summed E-state index contributed by atoms with van der Waals surface area (Å²) in [7, 11) is 0. The third kappa shape index (κ3) is 4.19. The molecule has 0 aliphatic carbocycles. The van der Waals surface area contributed by atoms with Crippen LogP contribution in [0.4, 0.5) is 0 Å². The number of aromatic nitrogens is 1. The Labute approximate surface area is 101 Å². The van der Waals surface area contributed by atoms with Crippen molar-refractivity contribution in [2.45, 2.75) is 20.3 Å². The van der Waals surface area contributed by atoms with Gasteiger partial charge in [0.1, 0.15) is 0 Å². The van der Waals surface area contributed by atoms with E-state index in [0.717, 1.165) is 12.0 Å². The first kappa shape index (κ1) is 13.0. The highest BCUT2D eigenvalue weighted by Crippen LogP contribution is 2.04. The van der Waals surface area contributed by atoms with Crippen LogP contribution in [0, 0.1) is 12.8 Å². The molecule has 1 atom stereocenters. The van der Waals surface area contributed by atoms with Crippen molar-refractivity contribution in [2.24, 2.45) is 5.92 Å². The third-order valence-corrected chi connectivity index (χ3v) is 2.57. The SMILES string of the molecule is Cc1cncc(C(=O)NCC(C)CCCl)c1. The highest BCUT2D eigenvalue weighted by Gasteiger charge is 2.07. The zero-order valence-electron chi connectivity index (χ0n) is 9.66. The molecule has 0 fully saturated rings. The van der Waals surface area contributed by atoms with Crippen molar-refractivity contribution in [1.82, 2.24) is 10.3 Å². The predicted molar refractivity (Wildman–Crippen MR) is 65.8 cm³/mol. The minimum atomic E-state index is -0.0716. The number of halogens is 1. The summed E-state index contributed by atoms with van der Waals surface area (Å²) in [5, 5.41) is 2.87. The van der Waals surface area contributed by atoms with Gasteiger partial charge >= 0.3 is 0 Å². The van der Waals surface area contributed by atoms with Crippen molar-refractivity contribution >= 4 is 17.5 Å². The Bertz CT molecular complexity index is 355. The molecule has 1 unspecified atom stereocenters. The highest BCUT2D eigenvalue weighted by atomic mass is 35.5. The number of hydrogen-bond donors (Lipinski definition) is 1. The van der Waals surface area contributed by atoms with E-state index in [9.17, 15) is 4.79 Å². The van der Waals surface area contributed by atoms with Gasteiger partial charge in [-0.1, -0.05) is 6.92 Å². The number of amides is 1. The summed E-state index contributed by atoms with van der Waals surface area (Å²) in [6.07, 6.45) is 4.22. The van der Waals surface area contributed by atoms with Gasteiger partial charge < -0.3 is 5.32 Å². The lowest BCUT2D eigenvalue weighted by atomic mass is 10.1. The third-order valence-electron chi connectivity index (χ3n) is 2.35. The Morgan fingerprint density at radius 2 is 2.31 bits per heavy atom. The molecule has 88 valence electrons. The van der Waals surface area contributed by atoms with E-state index in [4.69, 9.17) is 11.6 Å². The first-order chi connectivity index (χ1) is 7.63. The molecule has 16 heavy (non-hydrogen) atoms. The smallest absolute Gasteiger partial charge is 0.252 e. The fourth-order valence-corrected chi connectivity index (χ4v) is 1.71. The summed E-state index contributed by atoms with van der Waals surface area (Å²) >= 11 is 5.63. The number of carbonyl (C=O) groups is 1. The van der Waals surface area contributed by atoms with Gasteiger partial charge in [0.15, 0.2) is 0 Å². The van der Waals surface area contributed by atoms with Crippen molar-refractivity contribution in [3.63, 3.8) is 0 Å². The Balaban J connectivity index is 2.47. The molecule has 0 saturated carbocycles. The van der Waals surface area contributed by atoms with Gasteiger partial charge in [-0.25, -0.2) is 0 Å². The van der Waals surface area contributed by atoms with Gasteiger partial charge in [-0.3, -0.25) is 9.78 Å². The molecule has 1 heterocycles. The van der Waals surface area contributed by atoms with Crippen molar-refractivity contribution < 1.29 is 4.79 Å². The first-order valence-corrected chi connectivity index (χ1v) is 5.92. The number of aryl methyl sites for hydroxylation is 1. The van der Waals surface area contributed by atoms with Crippen LogP contribution in [0.1, 0.15) is 29.3 Å². The minimum Gasteiger partial charge on any atom is -0.352 e. The zero-order valence-corrected chi connectivity index (χ0v) is 10.4. The van der Waals surface area contributed by atoms with Gasteiger partial charge in [-0.2, -0.15) is 0 Å². The molecule has 0 aromatic carbocycles. The molecule has 1 N–H and O–H groups in total. The van der Waals surface area contributed by atoms with Crippen LogP contribution in [-0.4, -0.2) is 23.3 Å². The molecule has 0 radical (unpaired) electrons. The van der Waals surface area contributed by atoms with Crippen molar-refractivity contribution in [2.75, 3.05) is 12.4 Å². The molecule has 1 rings (SSSR count). The average molecular weight is 241 g/mol. The van der Waals surface area contributed by atoms with E-state index < -0.39 is 0 Å². The van der Waals surface area contributed by atoms with E-state index in [2.05, 4.69) is 17.2 Å². The van der Waals surface area contributed by atoms with Gasteiger partial charge in [0.2, 0.25) is 0 Å².